The summed E-state index contributed by atoms with van der Waals surface area (Å²) in [6.07, 6.45) is 0. The zero-order chi connectivity index (χ0) is 14.1. The van der Waals surface area contributed by atoms with Crippen LogP contribution in [0.25, 0.3) is 10.9 Å². The first kappa shape index (κ1) is 12.4. The van der Waals surface area contributed by atoms with Gasteiger partial charge in [0, 0.05) is 16.7 Å². The van der Waals surface area contributed by atoms with Crippen LogP contribution in [0, 0.1) is 0 Å². The minimum atomic E-state index is -0.471. The van der Waals surface area contributed by atoms with Gasteiger partial charge in [0.15, 0.2) is 0 Å². The summed E-state index contributed by atoms with van der Waals surface area (Å²) in [6, 6.07) is 21.0. The van der Waals surface area contributed by atoms with Gasteiger partial charge in [0.2, 0.25) is 0 Å². The van der Waals surface area contributed by atoms with Crippen LogP contribution in [0.2, 0.25) is 0 Å². The molecule has 1 aliphatic heterocycles. The van der Waals surface area contributed by atoms with Gasteiger partial charge in [0.25, 0.3) is 0 Å². The van der Waals surface area contributed by atoms with Crippen molar-refractivity contribution in [3.05, 3.63) is 71.9 Å². The van der Waals surface area contributed by atoms with Crippen molar-refractivity contribution >= 4 is 32.4 Å². The zero-order valence-corrected chi connectivity index (χ0v) is 12.3. The largest absolute Gasteiger partial charge is 0.353 e. The van der Waals surface area contributed by atoms with Gasteiger partial charge in [0.05, 0.1) is 11.2 Å². The average Bonchev–Trinajstić information content (AvgIpc) is 3.14. The third kappa shape index (κ3) is 2.38. The lowest BCUT2D eigenvalue weighted by Crippen LogP contribution is -2.02. The van der Waals surface area contributed by atoms with E-state index in [4.69, 9.17) is 0 Å². The molecular weight excluding hydrogens is 278 g/mol. The second-order valence-electron chi connectivity index (χ2n) is 5.04. The lowest BCUT2D eigenvalue weighted by molar-refractivity contribution is 1.27. The quantitative estimate of drug-likeness (QED) is 0.683. The molecule has 104 valence electrons. The summed E-state index contributed by atoms with van der Waals surface area (Å²) in [5, 5.41) is 10.8. The highest BCUT2D eigenvalue weighted by molar-refractivity contribution is 8.40. The van der Waals surface area contributed by atoms with Gasteiger partial charge in [-0.2, -0.15) is 16.0 Å². The summed E-state index contributed by atoms with van der Waals surface area (Å²) in [5.74, 6) is 0.994. The molecule has 0 amide bonds. The minimum absolute atomic E-state index is 0.471. The molecule has 0 saturated carbocycles. The van der Waals surface area contributed by atoms with E-state index in [0.717, 1.165) is 22.0 Å². The highest BCUT2D eigenvalue weighted by atomic mass is 32.2. The maximum absolute atomic E-state index is 4.36. The van der Waals surface area contributed by atoms with E-state index in [9.17, 15) is 0 Å². The van der Waals surface area contributed by atoms with E-state index in [1.165, 1.54) is 10.9 Å². The zero-order valence-electron chi connectivity index (χ0n) is 11.4. The summed E-state index contributed by atoms with van der Waals surface area (Å²) in [7, 11) is -0.471. The predicted molar refractivity (Wildman–Crippen MR) is 92.5 cm³/mol. The molecule has 2 aromatic carbocycles. The van der Waals surface area contributed by atoms with Crippen molar-refractivity contribution in [1.29, 1.82) is 0 Å². The van der Waals surface area contributed by atoms with Crippen LogP contribution in [0.4, 0.5) is 0 Å². The van der Waals surface area contributed by atoms with E-state index in [0.29, 0.717) is 0 Å². The third-order valence-electron chi connectivity index (χ3n) is 3.58. The normalized spacial score (nSPS) is 19.0. The van der Waals surface area contributed by atoms with Gasteiger partial charge >= 0.3 is 0 Å². The molecule has 2 heterocycles. The Hall–Kier alpha value is -2.33. The van der Waals surface area contributed by atoms with Crippen molar-refractivity contribution in [2.45, 2.75) is 5.75 Å². The fraction of sp³-hybridized carbons (Fsp3) is 0.0588. The number of H-pyrrole nitrogens is 1. The van der Waals surface area contributed by atoms with Gasteiger partial charge in [0.1, 0.15) is 5.04 Å². The van der Waals surface area contributed by atoms with E-state index in [-0.39, 0.29) is 0 Å². The van der Waals surface area contributed by atoms with Crippen LogP contribution in [-0.4, -0.2) is 15.6 Å². The topological polar surface area (TPSA) is 40.5 Å². The summed E-state index contributed by atoms with van der Waals surface area (Å²) in [5.41, 5.74) is 5.58. The first-order valence-corrected chi connectivity index (χ1v) is 8.49. The number of nitrogens with one attached hydrogen (secondary N) is 1. The minimum Gasteiger partial charge on any atom is -0.353 e. The van der Waals surface area contributed by atoms with Crippen molar-refractivity contribution in [2.24, 2.45) is 10.2 Å². The Morgan fingerprint density at radius 3 is 2.62 bits per heavy atom. The number of thiol groups is 1. The van der Waals surface area contributed by atoms with Crippen LogP contribution in [0.3, 0.4) is 0 Å². The van der Waals surface area contributed by atoms with Crippen LogP contribution in [-0.2, 0) is 5.75 Å². The van der Waals surface area contributed by atoms with Crippen molar-refractivity contribution in [2.75, 3.05) is 0 Å². The number of aromatic amines is 1. The van der Waals surface area contributed by atoms with Gasteiger partial charge in [-0.1, -0.05) is 48.5 Å². The third-order valence-corrected chi connectivity index (χ3v) is 5.54. The van der Waals surface area contributed by atoms with E-state index in [1.807, 2.05) is 17.7 Å². The molecule has 0 radical (unpaired) electrons. The molecule has 1 N–H and O–H groups in total. The molecule has 0 bridgehead atoms. The number of aromatic nitrogens is 1. The average molecular weight is 293 g/mol. The number of hydrogen-bond acceptors (Lipinski definition) is 2. The van der Waals surface area contributed by atoms with E-state index >= 15 is 0 Å². The monoisotopic (exact) mass is 293 g/mol. The molecule has 0 aliphatic carbocycles. The van der Waals surface area contributed by atoms with Gasteiger partial charge < -0.3 is 4.98 Å². The number of fused-ring (bicyclic) bond motifs is 1. The summed E-state index contributed by atoms with van der Waals surface area (Å²) >= 11 is 0. The van der Waals surface area contributed by atoms with Crippen molar-refractivity contribution in [3.63, 3.8) is 0 Å². The molecule has 0 spiro atoms. The highest BCUT2D eigenvalue weighted by Crippen LogP contribution is 2.36. The molecule has 3 aromatic rings. The second-order valence-corrected chi connectivity index (χ2v) is 6.95. The lowest BCUT2D eigenvalue weighted by atomic mass is 10.2. The van der Waals surface area contributed by atoms with Crippen LogP contribution >= 0.6 is 10.9 Å². The SMILES string of the molecule is C1=NN=C(c2cc3ccccc3[nH]2)[SH]1Cc1ccccc1. The first-order valence-electron chi connectivity index (χ1n) is 6.90. The summed E-state index contributed by atoms with van der Waals surface area (Å²) in [6.45, 7) is 0. The Balaban J connectivity index is 1.65. The molecule has 1 unspecified atom stereocenters. The van der Waals surface area contributed by atoms with E-state index < -0.39 is 10.9 Å². The molecule has 0 fully saturated rings. The van der Waals surface area contributed by atoms with Gasteiger partial charge in [-0.25, -0.2) is 0 Å². The van der Waals surface area contributed by atoms with Crippen molar-refractivity contribution in [3.8, 4) is 0 Å². The maximum Gasteiger partial charge on any atom is 0.128 e. The smallest absolute Gasteiger partial charge is 0.128 e. The number of benzene rings is 2. The van der Waals surface area contributed by atoms with Crippen LogP contribution in [0.15, 0.2) is 70.9 Å². The van der Waals surface area contributed by atoms with E-state index in [1.54, 1.807) is 0 Å². The molecule has 21 heavy (non-hydrogen) atoms. The van der Waals surface area contributed by atoms with Gasteiger partial charge in [-0.3, -0.25) is 0 Å². The molecule has 1 aliphatic rings. The van der Waals surface area contributed by atoms with Crippen LogP contribution in [0.5, 0.6) is 0 Å². The van der Waals surface area contributed by atoms with Crippen molar-refractivity contribution in [1.82, 2.24) is 4.98 Å². The second kappa shape index (κ2) is 5.22. The maximum atomic E-state index is 4.36. The predicted octanol–water partition coefficient (Wildman–Crippen LogP) is 4.07. The Morgan fingerprint density at radius 1 is 0.952 bits per heavy atom. The van der Waals surface area contributed by atoms with Crippen molar-refractivity contribution < 1.29 is 0 Å². The Labute approximate surface area is 125 Å². The summed E-state index contributed by atoms with van der Waals surface area (Å²) < 4.78 is 0. The molecule has 1 atom stereocenters. The Bertz CT molecular complexity index is 800. The number of hydrogen-bond donors (Lipinski definition) is 2. The standard InChI is InChI=1S/C17H15N3S/c1-2-6-13(7-3-1)11-21-12-18-20-17(21)16-10-14-8-4-5-9-15(14)19-16/h1-10,12,19,21H,11H2. The molecular formula is C17H15N3S. The van der Waals surface area contributed by atoms with Gasteiger partial charge in [-0.05, 0) is 17.7 Å². The van der Waals surface area contributed by atoms with Crippen LogP contribution in [0.1, 0.15) is 11.3 Å². The fourth-order valence-corrected chi connectivity index (χ4v) is 4.27. The van der Waals surface area contributed by atoms with Gasteiger partial charge in [-0.15, -0.1) is 5.10 Å². The number of nitrogens with zero attached hydrogens (tertiary/aromatic N) is 2. The molecule has 3 nitrogen and oxygen atoms in total. The first-order chi connectivity index (χ1) is 10.4. The highest BCUT2D eigenvalue weighted by Gasteiger charge is 2.18. The van der Waals surface area contributed by atoms with E-state index in [2.05, 4.69) is 63.7 Å². The lowest BCUT2D eigenvalue weighted by Gasteiger charge is -2.13. The molecule has 4 rings (SSSR count). The molecule has 1 aromatic heterocycles. The fourth-order valence-electron chi connectivity index (χ4n) is 2.55. The Morgan fingerprint density at radius 2 is 1.76 bits per heavy atom. The van der Waals surface area contributed by atoms with Crippen LogP contribution < -0.4 is 0 Å². The number of para-hydroxylation sites is 1. The number of rotatable bonds is 3. The Kier molecular flexibility index (Phi) is 3.09. The summed E-state index contributed by atoms with van der Waals surface area (Å²) in [4.78, 5) is 3.46. The molecule has 4 heteroatoms. The molecule has 0 saturated heterocycles.